The van der Waals surface area contributed by atoms with Crippen molar-refractivity contribution < 1.29 is 14.3 Å². The first-order valence-electron chi connectivity index (χ1n) is 13.1. The van der Waals surface area contributed by atoms with Gasteiger partial charge in [0.25, 0.3) is 0 Å². The van der Waals surface area contributed by atoms with Crippen molar-refractivity contribution in [1.82, 2.24) is 19.2 Å². The van der Waals surface area contributed by atoms with Crippen LogP contribution in [0.1, 0.15) is 63.7 Å². The summed E-state index contributed by atoms with van der Waals surface area (Å²) in [6.45, 7) is 8.15. The van der Waals surface area contributed by atoms with E-state index in [2.05, 4.69) is 6.92 Å². The third-order valence-electron chi connectivity index (χ3n) is 7.02. The van der Waals surface area contributed by atoms with Crippen LogP contribution < -0.4 is 4.90 Å². The Hall–Kier alpha value is -3.17. The molecular weight excluding hydrogens is 522 g/mol. The van der Waals surface area contributed by atoms with Crippen LogP contribution in [-0.2, 0) is 9.53 Å². The van der Waals surface area contributed by atoms with Gasteiger partial charge >= 0.3 is 5.97 Å². The van der Waals surface area contributed by atoms with Gasteiger partial charge in [0.2, 0.25) is 5.91 Å². The number of pyridine rings is 1. The second-order valence-electron chi connectivity index (χ2n) is 10.2. The molecule has 200 valence electrons. The van der Waals surface area contributed by atoms with Gasteiger partial charge in [-0.15, -0.1) is 16.4 Å². The third-order valence-corrected chi connectivity index (χ3v) is 8.34. The van der Waals surface area contributed by atoms with Crippen LogP contribution in [0.15, 0.2) is 42.9 Å². The topological polar surface area (TPSA) is 81.7 Å². The molecular formula is C28H32ClN5O3S. The van der Waals surface area contributed by atoms with E-state index in [0.29, 0.717) is 16.8 Å². The van der Waals surface area contributed by atoms with Gasteiger partial charge < -0.3 is 9.14 Å². The third kappa shape index (κ3) is 5.22. The summed E-state index contributed by atoms with van der Waals surface area (Å²) in [5.41, 5.74) is 1.90. The number of fused-ring (bicyclic) bond motifs is 1. The quantitative estimate of drug-likeness (QED) is 0.239. The molecule has 1 amide bonds. The molecule has 0 bridgehead atoms. The molecule has 1 aliphatic rings. The zero-order valence-electron chi connectivity index (χ0n) is 22.1. The number of hydrogen-bond donors (Lipinski definition) is 0. The molecule has 4 aromatic rings. The summed E-state index contributed by atoms with van der Waals surface area (Å²) in [4.78, 5) is 34.1. The van der Waals surface area contributed by atoms with E-state index in [1.807, 2.05) is 54.9 Å². The molecule has 0 aromatic carbocycles. The van der Waals surface area contributed by atoms with Gasteiger partial charge in [-0.1, -0.05) is 18.5 Å². The van der Waals surface area contributed by atoms with Crippen molar-refractivity contribution in [3.05, 3.63) is 53.4 Å². The standard InChI is InChI=1S/C28H32ClN5O3S/c1-5-37-28(36)21-15-33(31-26(21)34(17(2)3)27(35)19-8-6-18(4)7-9-19)25-13-11-23(38-25)22-16-32-14-20(29)10-12-24(32)30-22/h10-19H,5-9H2,1-4H3. The lowest BCUT2D eigenvalue weighted by Crippen LogP contribution is -2.43. The molecule has 0 aliphatic heterocycles. The van der Waals surface area contributed by atoms with Crippen molar-refractivity contribution in [2.45, 2.75) is 59.4 Å². The molecule has 0 atom stereocenters. The number of hydrogen-bond acceptors (Lipinski definition) is 6. The molecule has 1 aliphatic carbocycles. The number of halogens is 1. The fourth-order valence-corrected chi connectivity index (χ4v) is 6.04. The molecule has 4 heterocycles. The van der Waals surface area contributed by atoms with E-state index >= 15 is 0 Å². The predicted molar refractivity (Wildman–Crippen MR) is 150 cm³/mol. The SMILES string of the molecule is CCOC(=O)c1cn(-c2ccc(-c3cn4cc(Cl)ccc4n3)s2)nc1N(C(=O)C1CCC(C)CC1)C(C)C. The lowest BCUT2D eigenvalue weighted by atomic mass is 9.82. The lowest BCUT2D eigenvalue weighted by molar-refractivity contribution is -0.124. The summed E-state index contributed by atoms with van der Waals surface area (Å²) in [6, 6.07) is 7.43. The van der Waals surface area contributed by atoms with E-state index < -0.39 is 5.97 Å². The summed E-state index contributed by atoms with van der Waals surface area (Å²) in [5.74, 6) is 0.459. The molecule has 0 saturated heterocycles. The number of rotatable bonds is 7. The highest BCUT2D eigenvalue weighted by Gasteiger charge is 2.34. The molecule has 0 spiro atoms. The number of thiophene rings is 1. The predicted octanol–water partition coefficient (Wildman–Crippen LogP) is 6.65. The maximum Gasteiger partial charge on any atom is 0.343 e. The van der Waals surface area contributed by atoms with Gasteiger partial charge in [-0.25, -0.2) is 14.5 Å². The van der Waals surface area contributed by atoms with Crippen LogP contribution in [0.25, 0.3) is 21.2 Å². The first kappa shape index (κ1) is 26.4. The van der Waals surface area contributed by atoms with Crippen molar-refractivity contribution in [1.29, 1.82) is 0 Å². The fourth-order valence-electron chi connectivity index (χ4n) is 4.99. The van der Waals surface area contributed by atoms with E-state index in [0.717, 1.165) is 46.9 Å². The Labute approximate surface area is 231 Å². The number of anilines is 1. The molecule has 0 radical (unpaired) electrons. The number of aromatic nitrogens is 4. The molecule has 1 fully saturated rings. The molecule has 0 N–H and O–H groups in total. The molecule has 0 unspecified atom stereocenters. The van der Waals surface area contributed by atoms with E-state index in [4.69, 9.17) is 26.4 Å². The van der Waals surface area contributed by atoms with E-state index in [1.165, 1.54) is 11.3 Å². The fraction of sp³-hybridized carbons (Fsp3) is 0.429. The van der Waals surface area contributed by atoms with E-state index in [9.17, 15) is 9.59 Å². The highest BCUT2D eigenvalue weighted by atomic mass is 35.5. The minimum atomic E-state index is -0.488. The van der Waals surface area contributed by atoms with E-state index in [1.54, 1.807) is 22.7 Å². The van der Waals surface area contributed by atoms with Crippen molar-refractivity contribution in [2.24, 2.45) is 11.8 Å². The van der Waals surface area contributed by atoms with Crippen molar-refractivity contribution in [2.75, 3.05) is 11.5 Å². The minimum Gasteiger partial charge on any atom is -0.462 e. The monoisotopic (exact) mass is 553 g/mol. The Morgan fingerprint density at radius 2 is 1.89 bits per heavy atom. The molecule has 10 heteroatoms. The van der Waals surface area contributed by atoms with Gasteiger partial charge in [0.1, 0.15) is 16.2 Å². The zero-order chi connectivity index (χ0) is 27.0. The van der Waals surface area contributed by atoms with Crippen LogP contribution in [0.4, 0.5) is 5.82 Å². The smallest absolute Gasteiger partial charge is 0.343 e. The largest absolute Gasteiger partial charge is 0.462 e. The summed E-state index contributed by atoms with van der Waals surface area (Å²) in [5, 5.41) is 6.22. The number of carbonyl (C=O) groups is 2. The first-order valence-corrected chi connectivity index (χ1v) is 14.3. The summed E-state index contributed by atoms with van der Waals surface area (Å²) >= 11 is 7.62. The van der Waals surface area contributed by atoms with Crippen LogP contribution in [0.3, 0.4) is 0 Å². The average molecular weight is 554 g/mol. The first-order chi connectivity index (χ1) is 18.2. The molecule has 4 aromatic heterocycles. The van der Waals surface area contributed by atoms with Crippen molar-refractivity contribution in [3.63, 3.8) is 0 Å². The normalized spacial score (nSPS) is 17.7. The second kappa shape index (κ2) is 10.9. The number of esters is 1. The van der Waals surface area contributed by atoms with Gasteiger partial charge in [0.15, 0.2) is 5.82 Å². The molecule has 8 nitrogen and oxygen atoms in total. The van der Waals surface area contributed by atoms with Gasteiger partial charge in [0.05, 0.1) is 22.2 Å². The Morgan fingerprint density at radius 1 is 1.13 bits per heavy atom. The van der Waals surface area contributed by atoms with Gasteiger partial charge in [-0.2, -0.15) is 0 Å². The highest BCUT2D eigenvalue weighted by molar-refractivity contribution is 7.17. The van der Waals surface area contributed by atoms with Crippen LogP contribution in [0, 0.1) is 11.8 Å². The van der Waals surface area contributed by atoms with Gasteiger partial charge in [-0.3, -0.25) is 9.69 Å². The van der Waals surface area contributed by atoms with Gasteiger partial charge in [0, 0.05) is 30.6 Å². The number of nitrogens with zero attached hydrogens (tertiary/aromatic N) is 5. The number of amides is 1. The number of imidazole rings is 1. The Kier molecular flexibility index (Phi) is 7.59. The Bertz CT molecular complexity index is 1460. The molecule has 38 heavy (non-hydrogen) atoms. The van der Waals surface area contributed by atoms with E-state index in [-0.39, 0.29) is 30.0 Å². The zero-order valence-corrected chi connectivity index (χ0v) is 23.6. The average Bonchev–Trinajstić information content (AvgIpc) is 3.62. The summed E-state index contributed by atoms with van der Waals surface area (Å²) in [7, 11) is 0. The number of carbonyl (C=O) groups excluding carboxylic acids is 2. The van der Waals surface area contributed by atoms with Crippen LogP contribution in [-0.4, -0.2) is 43.7 Å². The highest BCUT2D eigenvalue weighted by Crippen LogP contribution is 2.35. The van der Waals surface area contributed by atoms with Gasteiger partial charge in [-0.05, 0) is 76.6 Å². The summed E-state index contributed by atoms with van der Waals surface area (Å²) < 4.78 is 8.90. The lowest BCUT2D eigenvalue weighted by Gasteiger charge is -2.32. The molecule has 5 rings (SSSR count). The van der Waals surface area contributed by atoms with Crippen LogP contribution >= 0.6 is 22.9 Å². The minimum absolute atomic E-state index is 0.0259. The molecule has 1 saturated carbocycles. The maximum atomic E-state index is 13.7. The van der Waals surface area contributed by atoms with Crippen LogP contribution in [0.5, 0.6) is 0 Å². The van der Waals surface area contributed by atoms with Crippen LogP contribution in [0.2, 0.25) is 5.02 Å². The summed E-state index contributed by atoms with van der Waals surface area (Å²) in [6.07, 6.45) is 9.20. The van der Waals surface area contributed by atoms with Crippen molar-refractivity contribution >= 4 is 46.3 Å². The Balaban J connectivity index is 1.50. The van der Waals surface area contributed by atoms with Crippen molar-refractivity contribution in [3.8, 4) is 15.6 Å². The second-order valence-corrected chi connectivity index (χ2v) is 11.7. The number of ether oxygens (including phenoxy) is 1. The maximum absolute atomic E-state index is 13.7. The Morgan fingerprint density at radius 3 is 2.61 bits per heavy atom.